The van der Waals surface area contributed by atoms with Gasteiger partial charge in [0.2, 0.25) is 0 Å². The van der Waals surface area contributed by atoms with Crippen molar-refractivity contribution < 1.29 is 9.84 Å². The van der Waals surface area contributed by atoms with Crippen LogP contribution in [0.25, 0.3) is 0 Å². The minimum Gasteiger partial charge on any atom is -0.495 e. The fraction of sp³-hybridized carbons (Fsp3) is 0.500. The number of benzene rings is 1. The first-order chi connectivity index (χ1) is 7.57. The van der Waals surface area contributed by atoms with E-state index in [1.54, 1.807) is 7.11 Å². The quantitative estimate of drug-likeness (QED) is 0.829. The summed E-state index contributed by atoms with van der Waals surface area (Å²) in [6.45, 7) is 2.74. The number of halogens is 1. The van der Waals surface area contributed by atoms with Gasteiger partial charge in [0.15, 0.2) is 0 Å². The molecule has 0 spiro atoms. The zero-order valence-electron chi connectivity index (χ0n) is 9.88. The van der Waals surface area contributed by atoms with Gasteiger partial charge in [-0.3, -0.25) is 0 Å². The van der Waals surface area contributed by atoms with Crippen LogP contribution in [0.5, 0.6) is 5.75 Å². The lowest BCUT2D eigenvalue weighted by molar-refractivity contribution is 0.204. The Morgan fingerprint density at radius 2 is 2.19 bits per heavy atom. The van der Waals surface area contributed by atoms with E-state index in [1.807, 2.05) is 32.2 Å². The molecule has 0 aliphatic heterocycles. The van der Waals surface area contributed by atoms with Crippen LogP contribution in [-0.4, -0.2) is 32.4 Å². The summed E-state index contributed by atoms with van der Waals surface area (Å²) in [4.78, 5) is 0. The van der Waals surface area contributed by atoms with Gasteiger partial charge in [0.05, 0.1) is 18.7 Å². The van der Waals surface area contributed by atoms with Crippen molar-refractivity contribution in [2.75, 3.05) is 27.3 Å². The van der Waals surface area contributed by atoms with Gasteiger partial charge in [0.25, 0.3) is 0 Å². The largest absolute Gasteiger partial charge is 0.495 e. The Balaban J connectivity index is 3.07. The van der Waals surface area contributed by atoms with Crippen LogP contribution >= 0.6 is 11.6 Å². The molecule has 0 radical (unpaired) electrons. The highest BCUT2D eigenvalue weighted by Gasteiger charge is 2.25. The maximum absolute atomic E-state index is 9.47. The summed E-state index contributed by atoms with van der Waals surface area (Å²) in [6, 6.07) is 5.59. The third-order valence-corrected chi connectivity index (χ3v) is 3.06. The summed E-state index contributed by atoms with van der Waals surface area (Å²) in [7, 11) is 3.44. The van der Waals surface area contributed by atoms with Crippen molar-refractivity contribution in [1.82, 2.24) is 5.32 Å². The SMILES string of the molecule is CNCC(C)(CO)c1ccc(OC)c(Cl)c1. The summed E-state index contributed by atoms with van der Waals surface area (Å²) in [5.74, 6) is 0.648. The molecule has 1 aromatic carbocycles. The van der Waals surface area contributed by atoms with E-state index in [2.05, 4.69) is 5.32 Å². The van der Waals surface area contributed by atoms with Crippen LogP contribution < -0.4 is 10.1 Å². The minimum absolute atomic E-state index is 0.0660. The summed E-state index contributed by atoms with van der Waals surface area (Å²) in [5.41, 5.74) is 0.667. The van der Waals surface area contributed by atoms with Gasteiger partial charge in [-0.15, -0.1) is 0 Å². The van der Waals surface area contributed by atoms with Crippen molar-refractivity contribution in [3.8, 4) is 5.75 Å². The molecule has 0 saturated heterocycles. The maximum Gasteiger partial charge on any atom is 0.137 e. The van der Waals surface area contributed by atoms with Crippen molar-refractivity contribution in [3.05, 3.63) is 28.8 Å². The standard InChI is InChI=1S/C12H18ClNO2/c1-12(8-15,7-14-2)9-4-5-11(16-3)10(13)6-9/h4-6,14-15H,7-8H2,1-3H3. The molecule has 0 amide bonds. The number of aliphatic hydroxyl groups excluding tert-OH is 1. The van der Waals surface area contributed by atoms with Crippen molar-refractivity contribution in [3.63, 3.8) is 0 Å². The number of rotatable bonds is 5. The number of methoxy groups -OCH3 is 1. The van der Waals surface area contributed by atoms with E-state index in [0.29, 0.717) is 17.3 Å². The van der Waals surface area contributed by atoms with Crippen LogP contribution in [0.3, 0.4) is 0 Å². The van der Waals surface area contributed by atoms with E-state index >= 15 is 0 Å². The lowest BCUT2D eigenvalue weighted by Crippen LogP contribution is -2.37. The zero-order chi connectivity index (χ0) is 12.2. The first-order valence-electron chi connectivity index (χ1n) is 5.17. The Labute approximate surface area is 101 Å². The second-order valence-corrected chi connectivity index (χ2v) is 4.51. The number of hydrogen-bond donors (Lipinski definition) is 2. The van der Waals surface area contributed by atoms with Gasteiger partial charge in [-0.25, -0.2) is 0 Å². The van der Waals surface area contributed by atoms with Crippen molar-refractivity contribution >= 4 is 11.6 Å². The maximum atomic E-state index is 9.47. The Morgan fingerprint density at radius 3 is 2.62 bits per heavy atom. The summed E-state index contributed by atoms with van der Waals surface area (Å²) in [6.07, 6.45) is 0. The lowest BCUT2D eigenvalue weighted by atomic mass is 9.83. The molecular formula is C12H18ClNO2. The van der Waals surface area contributed by atoms with Gasteiger partial charge in [0, 0.05) is 12.0 Å². The van der Waals surface area contributed by atoms with Crippen molar-refractivity contribution in [2.24, 2.45) is 0 Å². The van der Waals surface area contributed by atoms with Crippen LogP contribution in [0.15, 0.2) is 18.2 Å². The molecule has 3 nitrogen and oxygen atoms in total. The zero-order valence-corrected chi connectivity index (χ0v) is 10.6. The van der Waals surface area contributed by atoms with Gasteiger partial charge in [-0.2, -0.15) is 0 Å². The van der Waals surface area contributed by atoms with Gasteiger partial charge in [0.1, 0.15) is 5.75 Å². The molecule has 1 unspecified atom stereocenters. The lowest BCUT2D eigenvalue weighted by Gasteiger charge is -2.28. The molecule has 2 N–H and O–H groups in total. The van der Waals surface area contributed by atoms with E-state index in [-0.39, 0.29) is 12.0 Å². The highest BCUT2D eigenvalue weighted by molar-refractivity contribution is 6.32. The second-order valence-electron chi connectivity index (χ2n) is 4.10. The van der Waals surface area contributed by atoms with Crippen LogP contribution in [0.4, 0.5) is 0 Å². The van der Waals surface area contributed by atoms with Gasteiger partial charge >= 0.3 is 0 Å². The Kier molecular flexibility index (Phi) is 4.59. The molecule has 0 aliphatic carbocycles. The van der Waals surface area contributed by atoms with Crippen LogP contribution in [0.1, 0.15) is 12.5 Å². The summed E-state index contributed by atoms with van der Waals surface area (Å²) >= 11 is 6.07. The molecule has 1 aromatic rings. The average Bonchev–Trinajstić information content (AvgIpc) is 2.29. The molecule has 0 aromatic heterocycles. The first-order valence-corrected chi connectivity index (χ1v) is 5.54. The highest BCUT2D eigenvalue weighted by Crippen LogP contribution is 2.30. The van der Waals surface area contributed by atoms with Crippen LogP contribution in [0.2, 0.25) is 5.02 Å². The fourth-order valence-corrected chi connectivity index (χ4v) is 1.94. The van der Waals surface area contributed by atoms with Crippen molar-refractivity contribution in [1.29, 1.82) is 0 Å². The molecule has 0 saturated carbocycles. The number of likely N-dealkylation sites (N-methyl/N-ethyl adjacent to an activating group) is 1. The Hall–Kier alpha value is -0.770. The summed E-state index contributed by atoms with van der Waals surface area (Å²) in [5, 5.41) is 13.1. The van der Waals surface area contributed by atoms with Crippen LogP contribution in [0, 0.1) is 0 Å². The van der Waals surface area contributed by atoms with E-state index in [0.717, 1.165) is 5.56 Å². The van der Waals surface area contributed by atoms with Crippen LogP contribution in [-0.2, 0) is 5.41 Å². The predicted octanol–water partition coefficient (Wildman–Crippen LogP) is 1.82. The first kappa shape index (κ1) is 13.3. The van der Waals surface area contributed by atoms with Crippen molar-refractivity contribution in [2.45, 2.75) is 12.3 Å². The third-order valence-electron chi connectivity index (χ3n) is 2.76. The highest BCUT2D eigenvalue weighted by atomic mass is 35.5. The van der Waals surface area contributed by atoms with Gasteiger partial charge in [-0.1, -0.05) is 24.6 Å². The monoisotopic (exact) mass is 243 g/mol. The van der Waals surface area contributed by atoms with E-state index in [1.165, 1.54) is 0 Å². The van der Waals surface area contributed by atoms with E-state index < -0.39 is 0 Å². The number of hydrogen-bond acceptors (Lipinski definition) is 3. The normalized spacial score (nSPS) is 14.6. The van der Waals surface area contributed by atoms with E-state index in [9.17, 15) is 5.11 Å². The summed E-state index contributed by atoms with van der Waals surface area (Å²) < 4.78 is 5.10. The molecule has 1 rings (SSSR count). The number of ether oxygens (including phenoxy) is 1. The predicted molar refractivity (Wildman–Crippen MR) is 66.4 cm³/mol. The Morgan fingerprint density at radius 1 is 1.50 bits per heavy atom. The molecule has 0 bridgehead atoms. The number of aliphatic hydroxyl groups is 1. The van der Waals surface area contributed by atoms with Gasteiger partial charge < -0.3 is 15.2 Å². The minimum atomic E-state index is -0.329. The van der Waals surface area contributed by atoms with Gasteiger partial charge in [-0.05, 0) is 24.7 Å². The molecule has 16 heavy (non-hydrogen) atoms. The molecule has 0 heterocycles. The molecule has 0 aliphatic rings. The molecule has 90 valence electrons. The topological polar surface area (TPSA) is 41.5 Å². The fourth-order valence-electron chi connectivity index (χ4n) is 1.68. The second kappa shape index (κ2) is 5.53. The number of nitrogens with one attached hydrogen (secondary N) is 1. The smallest absolute Gasteiger partial charge is 0.137 e. The average molecular weight is 244 g/mol. The third kappa shape index (κ3) is 2.67. The van der Waals surface area contributed by atoms with E-state index in [4.69, 9.17) is 16.3 Å². The molecule has 0 fully saturated rings. The molecular weight excluding hydrogens is 226 g/mol. The molecule has 1 atom stereocenters. The molecule has 4 heteroatoms. The Bertz CT molecular complexity index is 357.